The Morgan fingerprint density at radius 2 is 2.00 bits per heavy atom. The third-order valence-electron chi connectivity index (χ3n) is 3.33. The zero-order valence-electron chi connectivity index (χ0n) is 13.1. The highest BCUT2D eigenvalue weighted by Crippen LogP contribution is 2.20. The summed E-state index contributed by atoms with van der Waals surface area (Å²) in [6.07, 6.45) is 4.68. The molecule has 5 nitrogen and oxygen atoms in total. The molecule has 0 saturated carbocycles. The second-order valence-corrected chi connectivity index (χ2v) is 5.13. The van der Waals surface area contributed by atoms with Gasteiger partial charge in [0.1, 0.15) is 12.3 Å². The summed E-state index contributed by atoms with van der Waals surface area (Å²) < 4.78 is 5.67. The van der Waals surface area contributed by atoms with E-state index < -0.39 is 5.97 Å². The molecule has 0 spiro atoms. The number of ether oxygens (including phenoxy) is 1. The van der Waals surface area contributed by atoms with Crippen LogP contribution in [0.4, 0.5) is 5.69 Å². The van der Waals surface area contributed by atoms with Crippen LogP contribution in [0.1, 0.15) is 39.0 Å². The van der Waals surface area contributed by atoms with E-state index in [4.69, 9.17) is 15.1 Å². The number of carboxylic acid groups (broad SMARTS) is 1. The van der Waals surface area contributed by atoms with Crippen LogP contribution >= 0.6 is 0 Å². The number of benzene rings is 1. The molecule has 0 atom stereocenters. The molecule has 0 bridgehead atoms. The molecule has 1 aromatic carbocycles. The molecule has 0 fully saturated rings. The van der Waals surface area contributed by atoms with Crippen molar-refractivity contribution in [3.8, 4) is 11.8 Å². The maximum absolute atomic E-state index is 10.7. The van der Waals surface area contributed by atoms with Gasteiger partial charge in [-0.2, -0.15) is 5.26 Å². The Kier molecular flexibility index (Phi) is 8.51. The lowest BCUT2D eigenvalue weighted by molar-refractivity contribution is -0.136. The molecular formula is C17H24N2O3. The lowest BCUT2D eigenvalue weighted by Gasteiger charge is -2.21. The molecule has 1 aromatic rings. The first-order valence-electron chi connectivity index (χ1n) is 7.74. The molecule has 0 aliphatic rings. The van der Waals surface area contributed by atoms with Gasteiger partial charge in [-0.05, 0) is 30.7 Å². The predicted molar refractivity (Wildman–Crippen MR) is 86.2 cm³/mol. The van der Waals surface area contributed by atoms with Crippen LogP contribution in [0.15, 0.2) is 24.3 Å². The maximum atomic E-state index is 10.7. The molecule has 0 unspecified atom stereocenters. The smallest absolute Gasteiger partial charge is 0.305 e. The molecule has 5 heteroatoms. The van der Waals surface area contributed by atoms with E-state index >= 15 is 0 Å². The first-order chi connectivity index (χ1) is 10.7. The SMILES string of the molecule is CCCCCCOc1ccc(N(CC#N)CCC(=O)O)cc1. The van der Waals surface area contributed by atoms with E-state index in [0.717, 1.165) is 17.9 Å². The Balaban J connectivity index is 2.50. The molecule has 22 heavy (non-hydrogen) atoms. The summed E-state index contributed by atoms with van der Waals surface area (Å²) in [4.78, 5) is 12.4. The van der Waals surface area contributed by atoms with Crippen LogP contribution in [-0.2, 0) is 4.79 Å². The minimum Gasteiger partial charge on any atom is -0.494 e. The van der Waals surface area contributed by atoms with Crippen LogP contribution in [0, 0.1) is 11.3 Å². The fourth-order valence-corrected chi connectivity index (χ4v) is 2.09. The van der Waals surface area contributed by atoms with E-state index in [2.05, 4.69) is 13.0 Å². The van der Waals surface area contributed by atoms with Gasteiger partial charge in [-0.1, -0.05) is 26.2 Å². The Morgan fingerprint density at radius 1 is 1.27 bits per heavy atom. The average molecular weight is 304 g/mol. The Bertz CT molecular complexity index is 480. The summed E-state index contributed by atoms with van der Waals surface area (Å²) in [5, 5.41) is 17.6. The van der Waals surface area contributed by atoms with Gasteiger partial charge in [-0.3, -0.25) is 4.79 Å². The maximum Gasteiger partial charge on any atom is 0.305 e. The van der Waals surface area contributed by atoms with Crippen LogP contribution in [0.2, 0.25) is 0 Å². The van der Waals surface area contributed by atoms with Gasteiger partial charge in [0.25, 0.3) is 0 Å². The summed E-state index contributed by atoms with van der Waals surface area (Å²) in [7, 11) is 0. The van der Waals surface area contributed by atoms with Crippen LogP contribution < -0.4 is 9.64 Å². The van der Waals surface area contributed by atoms with Gasteiger partial charge >= 0.3 is 5.97 Å². The number of carbonyl (C=O) groups is 1. The largest absolute Gasteiger partial charge is 0.494 e. The van der Waals surface area contributed by atoms with Crippen molar-refractivity contribution in [3.05, 3.63) is 24.3 Å². The number of nitriles is 1. The van der Waals surface area contributed by atoms with Crippen LogP contribution in [0.5, 0.6) is 5.75 Å². The third-order valence-corrected chi connectivity index (χ3v) is 3.33. The van der Waals surface area contributed by atoms with Crippen molar-refractivity contribution < 1.29 is 14.6 Å². The first kappa shape index (κ1) is 17.8. The zero-order chi connectivity index (χ0) is 16.2. The van der Waals surface area contributed by atoms with E-state index in [0.29, 0.717) is 13.2 Å². The van der Waals surface area contributed by atoms with E-state index in [-0.39, 0.29) is 13.0 Å². The molecule has 0 amide bonds. The lowest BCUT2D eigenvalue weighted by atomic mass is 10.2. The highest BCUT2D eigenvalue weighted by Gasteiger charge is 2.08. The minimum atomic E-state index is -0.866. The molecule has 0 aliphatic heterocycles. The number of rotatable bonds is 11. The second-order valence-electron chi connectivity index (χ2n) is 5.13. The monoisotopic (exact) mass is 304 g/mol. The topological polar surface area (TPSA) is 73.6 Å². The Labute approximate surface area is 132 Å². The Hall–Kier alpha value is -2.22. The van der Waals surface area contributed by atoms with Gasteiger partial charge in [0.05, 0.1) is 19.1 Å². The number of hydrogen-bond acceptors (Lipinski definition) is 4. The quantitative estimate of drug-likeness (QED) is 0.500. The van der Waals surface area contributed by atoms with E-state index in [1.54, 1.807) is 4.90 Å². The molecule has 0 saturated heterocycles. The van der Waals surface area contributed by atoms with Gasteiger partial charge in [-0.25, -0.2) is 0 Å². The lowest BCUT2D eigenvalue weighted by Crippen LogP contribution is -2.26. The van der Waals surface area contributed by atoms with Gasteiger partial charge in [0, 0.05) is 12.2 Å². The molecule has 1 rings (SSSR count). The van der Waals surface area contributed by atoms with Crippen molar-refractivity contribution in [2.24, 2.45) is 0 Å². The number of aliphatic carboxylic acids is 1. The Morgan fingerprint density at radius 3 is 2.59 bits per heavy atom. The van der Waals surface area contributed by atoms with Crippen molar-refractivity contribution in [1.29, 1.82) is 5.26 Å². The van der Waals surface area contributed by atoms with E-state index in [1.807, 2.05) is 24.3 Å². The standard InChI is InChI=1S/C17H24N2O3/c1-2-3-4-5-14-22-16-8-6-15(7-9-16)19(13-11-18)12-10-17(20)21/h6-9H,2-5,10,12-14H2,1H3,(H,20,21). The number of unbranched alkanes of at least 4 members (excludes halogenated alkanes) is 3. The summed E-state index contributed by atoms with van der Waals surface area (Å²) in [5.41, 5.74) is 0.834. The number of nitrogens with zero attached hydrogens (tertiary/aromatic N) is 2. The fourth-order valence-electron chi connectivity index (χ4n) is 2.09. The molecule has 0 heterocycles. The van der Waals surface area contributed by atoms with Gasteiger partial charge in [0.15, 0.2) is 0 Å². The normalized spacial score (nSPS) is 10.0. The summed E-state index contributed by atoms with van der Waals surface area (Å²) in [6, 6.07) is 9.51. The molecule has 0 radical (unpaired) electrons. The second kappa shape index (κ2) is 10.5. The fraction of sp³-hybridized carbons (Fsp3) is 0.529. The number of hydrogen-bond donors (Lipinski definition) is 1. The summed E-state index contributed by atoms with van der Waals surface area (Å²) in [5.74, 6) is -0.0645. The molecule has 1 N–H and O–H groups in total. The molecule has 120 valence electrons. The van der Waals surface area contributed by atoms with Crippen LogP contribution in [0.3, 0.4) is 0 Å². The van der Waals surface area contributed by atoms with E-state index in [1.165, 1.54) is 19.3 Å². The van der Waals surface area contributed by atoms with Crippen molar-refractivity contribution >= 4 is 11.7 Å². The highest BCUT2D eigenvalue weighted by atomic mass is 16.5. The van der Waals surface area contributed by atoms with Crippen LogP contribution in [-0.4, -0.2) is 30.8 Å². The van der Waals surface area contributed by atoms with Crippen LogP contribution in [0.25, 0.3) is 0 Å². The highest BCUT2D eigenvalue weighted by molar-refractivity contribution is 5.67. The third kappa shape index (κ3) is 6.98. The van der Waals surface area contributed by atoms with E-state index in [9.17, 15) is 4.79 Å². The number of anilines is 1. The van der Waals surface area contributed by atoms with Gasteiger partial charge in [-0.15, -0.1) is 0 Å². The molecule has 0 aromatic heterocycles. The first-order valence-corrected chi connectivity index (χ1v) is 7.74. The van der Waals surface area contributed by atoms with Crippen molar-refractivity contribution in [2.45, 2.75) is 39.0 Å². The van der Waals surface area contributed by atoms with Crippen molar-refractivity contribution in [2.75, 3.05) is 24.6 Å². The number of carboxylic acids is 1. The van der Waals surface area contributed by atoms with Gasteiger partial charge < -0.3 is 14.7 Å². The summed E-state index contributed by atoms with van der Waals surface area (Å²) in [6.45, 7) is 3.38. The van der Waals surface area contributed by atoms with Gasteiger partial charge in [0.2, 0.25) is 0 Å². The minimum absolute atomic E-state index is 0.0113. The van der Waals surface area contributed by atoms with Crippen molar-refractivity contribution in [1.82, 2.24) is 0 Å². The van der Waals surface area contributed by atoms with Crippen molar-refractivity contribution in [3.63, 3.8) is 0 Å². The molecule has 0 aliphatic carbocycles. The summed E-state index contributed by atoms with van der Waals surface area (Å²) >= 11 is 0. The molecular weight excluding hydrogens is 280 g/mol. The predicted octanol–water partition coefficient (Wildman–Crippen LogP) is 3.45. The zero-order valence-corrected chi connectivity index (χ0v) is 13.1. The average Bonchev–Trinajstić information content (AvgIpc) is 2.52.